The Morgan fingerprint density at radius 1 is 0.761 bits per heavy atom. The molecule has 6 rings (SSSR count). The fraction of sp³-hybridized carbons (Fsp3) is 0.293. The Bertz CT molecular complexity index is 1900. The Labute approximate surface area is 299 Å². The third-order valence-corrected chi connectivity index (χ3v) is 28.1. The summed E-state index contributed by atoms with van der Waals surface area (Å²) < 4.78 is 11.4. The van der Waals surface area contributed by atoms with Crippen LogP contribution < -0.4 is 9.81 Å². The molecule has 0 radical (unpaired) electrons. The normalized spacial score (nSPS) is 15.8. The third-order valence-electron chi connectivity index (χ3n) is 10.9. The van der Waals surface area contributed by atoms with Crippen molar-refractivity contribution >= 4 is 62.0 Å². The van der Waals surface area contributed by atoms with Gasteiger partial charge in [-0.05, 0) is 0 Å². The van der Waals surface area contributed by atoms with Gasteiger partial charge in [0.25, 0.3) is 0 Å². The number of hydrogen-bond acceptors (Lipinski definition) is 0. The zero-order valence-corrected chi connectivity index (χ0v) is 33.9. The maximum atomic E-state index is 6.62. The molecule has 5 heteroatoms. The van der Waals surface area contributed by atoms with Crippen LogP contribution in [0.1, 0.15) is 67.5 Å². The summed E-state index contributed by atoms with van der Waals surface area (Å²) in [6.45, 7) is 18.4. The second kappa shape index (κ2) is 13.0. The van der Waals surface area contributed by atoms with E-state index >= 15 is 0 Å². The molecule has 0 saturated heterocycles. The second-order valence-corrected chi connectivity index (χ2v) is 28.0. The average Bonchev–Trinajstić information content (AvgIpc) is 3.57. The predicted molar refractivity (Wildman–Crippen MR) is 206 cm³/mol. The quantitative estimate of drug-likeness (QED) is 0.167. The van der Waals surface area contributed by atoms with E-state index in [0.717, 1.165) is 22.9 Å². The van der Waals surface area contributed by atoms with E-state index < -0.39 is 18.3 Å². The first-order valence-corrected chi connectivity index (χ1v) is 23.3. The van der Waals surface area contributed by atoms with Crippen LogP contribution in [0.4, 0.5) is 0 Å². The van der Waals surface area contributed by atoms with Gasteiger partial charge < -0.3 is 0 Å². The molecule has 4 aromatic carbocycles. The molecule has 2 aliphatic rings. The minimum absolute atomic E-state index is 0. The van der Waals surface area contributed by atoms with Gasteiger partial charge in [0.2, 0.25) is 0 Å². The number of halogens is 4. The van der Waals surface area contributed by atoms with Crippen molar-refractivity contribution in [1.29, 1.82) is 0 Å². The Kier molecular flexibility index (Phi) is 10.4. The van der Waals surface area contributed by atoms with Gasteiger partial charge in [0.15, 0.2) is 0 Å². The van der Waals surface area contributed by atoms with Gasteiger partial charge in [0.05, 0.1) is 0 Å². The first-order chi connectivity index (χ1) is 20.7. The maximum absolute atomic E-state index is 6.62. The van der Waals surface area contributed by atoms with Crippen LogP contribution in [0.2, 0.25) is 10.0 Å². The summed E-state index contributed by atoms with van der Waals surface area (Å²) in [5, 5.41) is 1.50. The van der Waals surface area contributed by atoms with Crippen molar-refractivity contribution in [2.45, 2.75) is 68.2 Å². The Balaban J connectivity index is 0.00000240. The van der Waals surface area contributed by atoms with E-state index in [1.165, 1.54) is 63.2 Å². The number of hydrogen-bond donors (Lipinski definition) is 0. The van der Waals surface area contributed by atoms with E-state index in [1.807, 2.05) is 0 Å². The Morgan fingerprint density at radius 3 is 1.76 bits per heavy atom. The van der Waals surface area contributed by atoms with Crippen LogP contribution in [0.5, 0.6) is 0 Å². The van der Waals surface area contributed by atoms with E-state index in [9.17, 15) is 0 Å². The molecule has 242 valence electrons. The van der Waals surface area contributed by atoms with Crippen molar-refractivity contribution in [1.82, 2.24) is 0 Å². The molecule has 0 aromatic heterocycles. The van der Waals surface area contributed by atoms with Gasteiger partial charge in [0.1, 0.15) is 0 Å². The summed E-state index contributed by atoms with van der Waals surface area (Å²) >= 11 is 8.20. The van der Waals surface area contributed by atoms with E-state index in [4.69, 9.17) is 27.4 Å². The Morgan fingerprint density at radius 2 is 1.26 bits per heavy atom. The average molecular weight is 772 g/mol. The van der Waals surface area contributed by atoms with E-state index in [0.29, 0.717) is 5.92 Å². The second-order valence-electron chi connectivity index (χ2n) is 14.4. The Hall–Kier alpha value is -1.73. The molecule has 1 unspecified atom stereocenters. The SMILES string of the molecule is Cl.Cl.[CH2]=[Zr]([C]1=CC(C(C)(C)C)=CC1CC)([c]1ccc(Cl)cc1)([c]1ccc(Cl)cc1)[c]1c(C)c(C)cc2c1Cc1cc(C)c(C)cc1-2. The van der Waals surface area contributed by atoms with Gasteiger partial charge in [-0.15, -0.1) is 24.8 Å². The van der Waals surface area contributed by atoms with Crippen LogP contribution in [0, 0.1) is 39.0 Å². The topological polar surface area (TPSA) is 0 Å². The van der Waals surface area contributed by atoms with Crippen LogP contribution in [-0.4, -0.2) is 4.21 Å². The van der Waals surface area contributed by atoms with Crippen LogP contribution in [-0.2, 0) is 24.7 Å². The van der Waals surface area contributed by atoms with Gasteiger partial charge in [-0.3, -0.25) is 0 Å². The number of rotatable bonds is 5. The molecule has 0 fully saturated rings. The van der Waals surface area contributed by atoms with E-state index in [-0.39, 0.29) is 30.2 Å². The molecule has 0 bridgehead atoms. The van der Waals surface area contributed by atoms with Crippen LogP contribution >= 0.6 is 48.0 Å². The predicted octanol–water partition coefficient (Wildman–Crippen LogP) is 10.9. The molecule has 2 aliphatic carbocycles. The first kappa shape index (κ1) is 37.1. The van der Waals surface area contributed by atoms with Crippen LogP contribution in [0.15, 0.2) is 87.7 Å². The first-order valence-electron chi connectivity index (χ1n) is 15.9. The van der Waals surface area contributed by atoms with E-state index in [2.05, 4.69) is 134 Å². The molecule has 0 heterocycles. The van der Waals surface area contributed by atoms with Crippen molar-refractivity contribution in [3.05, 3.63) is 131 Å². The minimum atomic E-state index is -5.04. The summed E-state index contributed by atoms with van der Waals surface area (Å²) in [4.78, 5) is 0. The monoisotopic (exact) mass is 768 g/mol. The molecule has 0 saturated carbocycles. The molecular formula is C41H46Cl4Zr. The summed E-state index contributed by atoms with van der Waals surface area (Å²) in [7, 11) is 0. The molecule has 0 aliphatic heterocycles. The standard InChI is InChI=1S/C17H17.C11H17.2C6H4Cl.CH2.2ClH.Zr/c1-10-5-14-9-15-6-11(2)13(4)8-17(15)16(14)7-12(10)3;1-5-9-6-7-10(8-9)11(2,3)4;2*7-6-4-2-1-3-5-6;;;;/h5,7-8H,9H2,1-4H3;7-9H,5H2,1-4H3;2*2-5H;1H2;2*1H;. The fourth-order valence-electron chi connectivity index (χ4n) is 8.17. The van der Waals surface area contributed by atoms with Crippen LogP contribution in [0.3, 0.4) is 0 Å². The molecule has 4 aromatic rings. The van der Waals surface area contributed by atoms with Gasteiger partial charge in [0, 0.05) is 0 Å². The van der Waals surface area contributed by atoms with Crippen molar-refractivity contribution in [3.63, 3.8) is 0 Å². The number of aryl methyl sites for hydroxylation is 3. The number of fused-ring (bicyclic) bond motifs is 3. The zero-order chi connectivity index (χ0) is 31.8. The summed E-state index contributed by atoms with van der Waals surface area (Å²) in [6.07, 6.45) is 7.07. The number of allylic oxidation sites excluding steroid dienone is 4. The third kappa shape index (κ3) is 5.51. The summed E-state index contributed by atoms with van der Waals surface area (Å²) in [5.74, 6) is 0.294. The molecule has 0 nitrogen and oxygen atoms in total. The van der Waals surface area contributed by atoms with Crippen molar-refractivity contribution in [3.8, 4) is 11.1 Å². The van der Waals surface area contributed by atoms with Gasteiger partial charge in [-0.25, -0.2) is 0 Å². The summed E-state index contributed by atoms with van der Waals surface area (Å²) in [6, 6.07) is 24.8. The molecule has 1 atom stereocenters. The van der Waals surface area contributed by atoms with Crippen molar-refractivity contribution in [2.24, 2.45) is 11.3 Å². The molecule has 0 amide bonds. The number of benzene rings is 4. The van der Waals surface area contributed by atoms with Crippen LogP contribution in [0.25, 0.3) is 11.1 Å². The van der Waals surface area contributed by atoms with Gasteiger partial charge in [-0.1, -0.05) is 0 Å². The summed E-state index contributed by atoms with van der Waals surface area (Å²) in [5.41, 5.74) is 12.5. The van der Waals surface area contributed by atoms with E-state index in [1.54, 1.807) is 0 Å². The molecular weight excluding hydrogens is 725 g/mol. The molecule has 0 N–H and O–H groups in total. The van der Waals surface area contributed by atoms with Crippen molar-refractivity contribution in [2.75, 3.05) is 0 Å². The van der Waals surface area contributed by atoms with Gasteiger partial charge >= 0.3 is 277 Å². The zero-order valence-electron chi connectivity index (χ0n) is 28.3. The van der Waals surface area contributed by atoms with Crippen molar-refractivity contribution < 1.29 is 18.3 Å². The fourth-order valence-corrected chi connectivity index (χ4v) is 26.0. The van der Waals surface area contributed by atoms with Gasteiger partial charge in [-0.2, -0.15) is 0 Å². The molecule has 0 spiro atoms. The molecule has 46 heavy (non-hydrogen) atoms.